The largest absolute Gasteiger partial charge is 0.387 e. The number of rotatable bonds is 4. The molecule has 1 aliphatic heterocycles. The summed E-state index contributed by atoms with van der Waals surface area (Å²) in [6, 6.07) is 7.20. The maximum atomic E-state index is 12.9. The number of piperidine rings is 1. The second-order valence-electron chi connectivity index (χ2n) is 6.14. The van der Waals surface area contributed by atoms with Crippen molar-refractivity contribution < 1.29 is 19.2 Å². The minimum Gasteiger partial charge on any atom is -0.387 e. The van der Waals surface area contributed by atoms with Crippen molar-refractivity contribution in [3.8, 4) is 11.5 Å². The monoisotopic (exact) mass is 331 g/mol. The van der Waals surface area contributed by atoms with Crippen LogP contribution in [0.15, 0.2) is 28.8 Å². The van der Waals surface area contributed by atoms with Gasteiger partial charge < -0.3 is 19.3 Å². The van der Waals surface area contributed by atoms with E-state index in [1.807, 2.05) is 12.1 Å². The van der Waals surface area contributed by atoms with Crippen LogP contribution in [0.2, 0.25) is 0 Å². The van der Waals surface area contributed by atoms with Gasteiger partial charge in [-0.2, -0.15) is 4.98 Å². The Morgan fingerprint density at radius 1 is 1.38 bits per heavy atom. The van der Waals surface area contributed by atoms with Crippen LogP contribution in [0.25, 0.3) is 11.5 Å². The van der Waals surface area contributed by atoms with Crippen molar-refractivity contribution in [3.63, 3.8) is 0 Å². The summed E-state index contributed by atoms with van der Waals surface area (Å²) in [6.45, 7) is 2.98. The Morgan fingerprint density at radius 2 is 2.08 bits per heavy atom. The first kappa shape index (κ1) is 16.6. The van der Waals surface area contributed by atoms with Gasteiger partial charge in [0.2, 0.25) is 0 Å². The first-order valence-corrected chi connectivity index (χ1v) is 7.93. The molecule has 1 amide bonds. The van der Waals surface area contributed by atoms with Crippen LogP contribution in [0.3, 0.4) is 0 Å². The van der Waals surface area contributed by atoms with E-state index in [1.165, 1.54) is 0 Å². The fourth-order valence-electron chi connectivity index (χ4n) is 2.97. The molecule has 0 spiro atoms. The number of aromatic nitrogens is 2. The van der Waals surface area contributed by atoms with E-state index in [2.05, 4.69) is 10.1 Å². The molecule has 128 valence electrons. The number of likely N-dealkylation sites (tertiary alicyclic amines) is 1. The molecule has 24 heavy (non-hydrogen) atoms. The smallest absolute Gasteiger partial charge is 0.258 e. The molecule has 7 heteroatoms. The van der Waals surface area contributed by atoms with Crippen molar-refractivity contribution in [2.75, 3.05) is 26.8 Å². The topological polar surface area (TPSA) is 88.7 Å². The summed E-state index contributed by atoms with van der Waals surface area (Å²) in [4.78, 5) is 18.8. The van der Waals surface area contributed by atoms with Gasteiger partial charge in [0.1, 0.15) is 0 Å². The molecule has 1 fully saturated rings. The van der Waals surface area contributed by atoms with Crippen LogP contribution in [-0.2, 0) is 4.74 Å². The van der Waals surface area contributed by atoms with Crippen molar-refractivity contribution in [1.82, 2.24) is 15.0 Å². The number of ether oxygens (including phenoxy) is 1. The van der Waals surface area contributed by atoms with Gasteiger partial charge in [-0.1, -0.05) is 17.3 Å². The van der Waals surface area contributed by atoms with Crippen LogP contribution in [0, 0.1) is 6.92 Å². The zero-order chi connectivity index (χ0) is 17.2. The van der Waals surface area contributed by atoms with E-state index in [4.69, 9.17) is 9.26 Å². The highest BCUT2D eigenvalue weighted by Gasteiger charge is 2.34. The van der Waals surface area contributed by atoms with Gasteiger partial charge in [-0.15, -0.1) is 0 Å². The van der Waals surface area contributed by atoms with Crippen LogP contribution in [0.1, 0.15) is 29.0 Å². The molecule has 7 nitrogen and oxygen atoms in total. The summed E-state index contributed by atoms with van der Waals surface area (Å²) in [5.74, 6) is 0.764. The summed E-state index contributed by atoms with van der Waals surface area (Å²) in [7, 11) is 1.57. The van der Waals surface area contributed by atoms with Gasteiger partial charge in [0.05, 0.1) is 23.3 Å². The Labute approximate surface area is 140 Å². The number of aryl methyl sites for hydroxylation is 1. The van der Waals surface area contributed by atoms with Crippen molar-refractivity contribution >= 4 is 5.91 Å². The maximum Gasteiger partial charge on any atom is 0.258 e. The molecule has 2 heterocycles. The summed E-state index contributed by atoms with van der Waals surface area (Å²) in [5.41, 5.74) is 0.299. The second kappa shape index (κ2) is 6.70. The lowest BCUT2D eigenvalue weighted by atomic mass is 9.91. The molecule has 0 atom stereocenters. The van der Waals surface area contributed by atoms with Crippen LogP contribution >= 0.6 is 0 Å². The number of aliphatic hydroxyl groups is 1. The zero-order valence-electron chi connectivity index (χ0n) is 13.9. The Kier molecular flexibility index (Phi) is 4.64. The van der Waals surface area contributed by atoms with E-state index >= 15 is 0 Å². The van der Waals surface area contributed by atoms with Crippen LogP contribution in [0.5, 0.6) is 0 Å². The number of methoxy groups -OCH3 is 1. The first-order chi connectivity index (χ1) is 11.5. The average Bonchev–Trinajstić information content (AvgIpc) is 3.01. The number of amides is 1. The summed E-state index contributed by atoms with van der Waals surface area (Å²) in [5, 5.41) is 14.2. The molecule has 1 aromatic heterocycles. The average molecular weight is 331 g/mol. The maximum absolute atomic E-state index is 12.9. The van der Waals surface area contributed by atoms with Crippen LogP contribution in [0.4, 0.5) is 0 Å². The highest BCUT2D eigenvalue weighted by molar-refractivity contribution is 6.00. The lowest BCUT2D eigenvalue weighted by molar-refractivity contribution is -0.0662. The first-order valence-electron chi connectivity index (χ1n) is 7.93. The van der Waals surface area contributed by atoms with E-state index < -0.39 is 5.60 Å². The normalized spacial score (nSPS) is 17.0. The molecule has 0 radical (unpaired) electrons. The number of hydrogen-bond acceptors (Lipinski definition) is 6. The van der Waals surface area contributed by atoms with Gasteiger partial charge >= 0.3 is 0 Å². The summed E-state index contributed by atoms with van der Waals surface area (Å²) >= 11 is 0. The molecule has 0 unspecified atom stereocenters. The highest BCUT2D eigenvalue weighted by Crippen LogP contribution is 2.27. The fourth-order valence-corrected chi connectivity index (χ4v) is 2.97. The van der Waals surface area contributed by atoms with Gasteiger partial charge in [0, 0.05) is 20.2 Å². The molecule has 1 aliphatic rings. The van der Waals surface area contributed by atoms with Crippen molar-refractivity contribution in [2.24, 2.45) is 0 Å². The number of carbonyl (C=O) groups is 1. The lowest BCUT2D eigenvalue weighted by Gasteiger charge is -2.37. The number of hydrogen-bond donors (Lipinski definition) is 1. The molecule has 1 saturated heterocycles. The number of carbonyl (C=O) groups excluding carboxylic acids is 1. The third-order valence-corrected chi connectivity index (χ3v) is 4.31. The summed E-state index contributed by atoms with van der Waals surface area (Å²) < 4.78 is 10.3. The fraction of sp³-hybridized carbons (Fsp3) is 0.471. The van der Waals surface area contributed by atoms with Crippen molar-refractivity contribution in [2.45, 2.75) is 25.4 Å². The molecule has 0 aliphatic carbocycles. The van der Waals surface area contributed by atoms with Crippen LogP contribution < -0.4 is 0 Å². The Hall–Kier alpha value is -2.25. The number of benzene rings is 1. The van der Waals surface area contributed by atoms with E-state index in [9.17, 15) is 9.90 Å². The van der Waals surface area contributed by atoms with Gasteiger partial charge in [0.25, 0.3) is 11.8 Å². The van der Waals surface area contributed by atoms with Gasteiger partial charge in [-0.05, 0) is 31.9 Å². The zero-order valence-corrected chi connectivity index (χ0v) is 13.9. The van der Waals surface area contributed by atoms with E-state index in [-0.39, 0.29) is 12.5 Å². The second-order valence-corrected chi connectivity index (χ2v) is 6.14. The van der Waals surface area contributed by atoms with E-state index in [1.54, 1.807) is 31.1 Å². The molecule has 1 N–H and O–H groups in total. The summed E-state index contributed by atoms with van der Waals surface area (Å²) in [6.07, 6.45) is 0.989. The standard InChI is InChI=1S/C17H21N3O4/c1-12-18-15(24-19-12)13-5-3-4-6-14(13)16(21)20-9-7-17(22,8-10-20)11-23-2/h3-6,22H,7-11H2,1-2H3. The predicted octanol–water partition coefficient (Wildman–Crippen LogP) is 1.66. The predicted molar refractivity (Wildman–Crippen MR) is 86.4 cm³/mol. The number of nitrogens with zero attached hydrogens (tertiary/aromatic N) is 3. The van der Waals surface area contributed by atoms with E-state index in [0.29, 0.717) is 48.8 Å². The SMILES string of the molecule is COCC1(O)CCN(C(=O)c2ccccc2-c2nc(C)no2)CC1. The van der Waals surface area contributed by atoms with Gasteiger partial charge in [-0.3, -0.25) is 4.79 Å². The van der Waals surface area contributed by atoms with Crippen molar-refractivity contribution in [1.29, 1.82) is 0 Å². The Morgan fingerprint density at radius 3 is 2.71 bits per heavy atom. The Balaban J connectivity index is 1.79. The minimum absolute atomic E-state index is 0.0964. The lowest BCUT2D eigenvalue weighted by Crippen LogP contribution is -2.48. The molecule has 0 bridgehead atoms. The quantitative estimate of drug-likeness (QED) is 0.916. The van der Waals surface area contributed by atoms with E-state index in [0.717, 1.165) is 0 Å². The van der Waals surface area contributed by atoms with Gasteiger partial charge in [0.15, 0.2) is 5.82 Å². The minimum atomic E-state index is -0.853. The van der Waals surface area contributed by atoms with Crippen LogP contribution in [-0.4, -0.2) is 58.5 Å². The van der Waals surface area contributed by atoms with Crippen molar-refractivity contribution in [3.05, 3.63) is 35.7 Å². The molecular formula is C17H21N3O4. The highest BCUT2D eigenvalue weighted by atomic mass is 16.5. The molecular weight excluding hydrogens is 310 g/mol. The third kappa shape index (κ3) is 3.32. The molecule has 1 aromatic carbocycles. The van der Waals surface area contributed by atoms with Gasteiger partial charge in [-0.25, -0.2) is 0 Å². The Bertz CT molecular complexity index is 720. The third-order valence-electron chi connectivity index (χ3n) is 4.31. The molecule has 2 aromatic rings. The molecule has 0 saturated carbocycles. The molecule has 3 rings (SSSR count).